The number of thioether (sulfide) groups is 1. The van der Waals surface area contributed by atoms with E-state index in [-0.39, 0.29) is 0 Å². The summed E-state index contributed by atoms with van der Waals surface area (Å²) in [6.07, 6.45) is 0. The molecule has 1 aromatic heterocycles. The van der Waals surface area contributed by atoms with Crippen LogP contribution in [0.1, 0.15) is 0 Å². The van der Waals surface area contributed by atoms with Crippen molar-refractivity contribution in [2.24, 2.45) is 4.99 Å². The molecule has 2 aromatic rings. The molecule has 2 heterocycles. The van der Waals surface area contributed by atoms with Crippen LogP contribution in [0.3, 0.4) is 0 Å². The van der Waals surface area contributed by atoms with E-state index in [1.54, 1.807) is 11.8 Å². The van der Waals surface area contributed by atoms with Gasteiger partial charge in [0.25, 0.3) is 0 Å². The second-order valence-electron chi connectivity index (χ2n) is 3.21. The van der Waals surface area contributed by atoms with Crippen molar-refractivity contribution in [1.29, 1.82) is 0 Å². The van der Waals surface area contributed by atoms with Crippen LogP contribution < -0.4 is 5.32 Å². The van der Waals surface area contributed by atoms with Gasteiger partial charge in [0.15, 0.2) is 5.17 Å². The molecule has 0 atom stereocenters. The van der Waals surface area contributed by atoms with Crippen molar-refractivity contribution in [1.82, 2.24) is 8.75 Å². The highest BCUT2D eigenvalue weighted by atomic mass is 35.5. The SMILES string of the molecule is Clc1ccc2nsnc2c1NC1=NCCS1. The van der Waals surface area contributed by atoms with Gasteiger partial charge in [-0.25, -0.2) is 0 Å². The molecule has 0 saturated carbocycles. The number of amidine groups is 1. The fourth-order valence-electron chi connectivity index (χ4n) is 1.46. The van der Waals surface area contributed by atoms with E-state index in [1.165, 1.54) is 11.7 Å². The molecule has 1 aromatic carbocycles. The Labute approximate surface area is 105 Å². The largest absolute Gasteiger partial charge is 0.332 e. The number of rotatable bonds is 1. The first-order chi connectivity index (χ1) is 7.84. The molecule has 0 bridgehead atoms. The Balaban J connectivity index is 2.06. The summed E-state index contributed by atoms with van der Waals surface area (Å²) in [4.78, 5) is 4.33. The van der Waals surface area contributed by atoms with Gasteiger partial charge in [0.05, 0.1) is 29.0 Å². The van der Waals surface area contributed by atoms with E-state index in [9.17, 15) is 0 Å². The molecule has 0 radical (unpaired) electrons. The lowest BCUT2D eigenvalue weighted by Crippen LogP contribution is -2.05. The molecule has 0 spiro atoms. The number of hydrogen-bond acceptors (Lipinski definition) is 6. The van der Waals surface area contributed by atoms with Gasteiger partial charge >= 0.3 is 0 Å². The van der Waals surface area contributed by atoms with Gasteiger partial charge in [-0.3, -0.25) is 4.99 Å². The highest BCUT2D eigenvalue weighted by Crippen LogP contribution is 2.31. The molecule has 3 rings (SSSR count). The molecule has 0 amide bonds. The van der Waals surface area contributed by atoms with Gasteiger partial charge in [-0.2, -0.15) is 8.75 Å². The average molecular weight is 271 g/mol. The predicted octanol–water partition coefficient (Wildman–Crippen LogP) is 2.86. The molecule has 0 unspecified atom stereocenters. The molecule has 0 aliphatic carbocycles. The van der Waals surface area contributed by atoms with Gasteiger partial charge in [0.2, 0.25) is 0 Å². The van der Waals surface area contributed by atoms with Gasteiger partial charge in [0.1, 0.15) is 11.0 Å². The van der Waals surface area contributed by atoms with Crippen LogP contribution in [0.15, 0.2) is 17.1 Å². The van der Waals surface area contributed by atoms with E-state index in [0.29, 0.717) is 5.02 Å². The number of nitrogens with zero attached hydrogens (tertiary/aromatic N) is 3. The van der Waals surface area contributed by atoms with E-state index in [0.717, 1.165) is 34.2 Å². The van der Waals surface area contributed by atoms with E-state index in [4.69, 9.17) is 11.6 Å². The first-order valence-corrected chi connectivity index (χ1v) is 6.79. The summed E-state index contributed by atoms with van der Waals surface area (Å²) in [6.45, 7) is 0.857. The first kappa shape index (κ1) is 10.3. The molecule has 0 fully saturated rings. The summed E-state index contributed by atoms with van der Waals surface area (Å²) in [7, 11) is 0. The molecule has 7 heteroatoms. The van der Waals surface area contributed by atoms with Crippen LogP contribution in [0, 0.1) is 0 Å². The third-order valence-corrected chi connectivity index (χ3v) is 3.94. The number of aliphatic imine (C=N–C) groups is 1. The maximum Gasteiger partial charge on any atom is 0.161 e. The van der Waals surface area contributed by atoms with Crippen molar-refractivity contribution in [3.8, 4) is 0 Å². The van der Waals surface area contributed by atoms with Crippen LogP contribution in [0.2, 0.25) is 5.02 Å². The lowest BCUT2D eigenvalue weighted by molar-refractivity contribution is 1.17. The summed E-state index contributed by atoms with van der Waals surface area (Å²) in [6, 6.07) is 3.70. The number of benzene rings is 1. The van der Waals surface area contributed by atoms with Crippen LogP contribution in [0.25, 0.3) is 11.0 Å². The maximum absolute atomic E-state index is 6.15. The summed E-state index contributed by atoms with van der Waals surface area (Å²) >= 11 is 9.03. The monoisotopic (exact) mass is 270 g/mol. The average Bonchev–Trinajstić information content (AvgIpc) is 2.92. The standard InChI is InChI=1S/C9H7ClN4S2/c10-5-1-2-6-8(14-16-13-6)7(5)12-9-11-3-4-15-9/h1-2H,3-4H2,(H,11,12). The van der Waals surface area contributed by atoms with E-state index < -0.39 is 0 Å². The summed E-state index contributed by atoms with van der Waals surface area (Å²) in [5.41, 5.74) is 2.48. The highest BCUT2D eigenvalue weighted by molar-refractivity contribution is 8.14. The number of nitrogens with one attached hydrogen (secondary N) is 1. The quantitative estimate of drug-likeness (QED) is 0.866. The van der Waals surface area contributed by atoms with Gasteiger partial charge in [0, 0.05) is 5.75 Å². The number of hydrogen-bond donors (Lipinski definition) is 1. The zero-order valence-electron chi connectivity index (χ0n) is 8.11. The zero-order valence-corrected chi connectivity index (χ0v) is 10.5. The molecule has 1 aliphatic rings. The molecule has 16 heavy (non-hydrogen) atoms. The Morgan fingerprint density at radius 1 is 1.31 bits per heavy atom. The normalized spacial score (nSPS) is 15.4. The third-order valence-electron chi connectivity index (χ3n) is 2.19. The molecule has 1 aliphatic heterocycles. The van der Waals surface area contributed by atoms with Crippen LogP contribution in [-0.4, -0.2) is 26.2 Å². The van der Waals surface area contributed by atoms with Crippen LogP contribution in [0.5, 0.6) is 0 Å². The minimum absolute atomic E-state index is 0.649. The van der Waals surface area contributed by atoms with Crippen molar-refractivity contribution < 1.29 is 0 Å². The number of fused-ring (bicyclic) bond motifs is 1. The highest BCUT2D eigenvalue weighted by Gasteiger charge is 2.13. The molecule has 1 N–H and O–H groups in total. The molecule has 0 saturated heterocycles. The first-order valence-electron chi connectivity index (χ1n) is 4.69. The summed E-state index contributed by atoms with van der Waals surface area (Å²) in [5, 5.41) is 4.78. The predicted molar refractivity (Wildman–Crippen MR) is 70.8 cm³/mol. The van der Waals surface area contributed by atoms with Crippen LogP contribution in [0.4, 0.5) is 5.69 Å². The number of halogens is 1. The number of aromatic nitrogens is 2. The zero-order chi connectivity index (χ0) is 11.0. The van der Waals surface area contributed by atoms with Crippen LogP contribution >= 0.6 is 35.1 Å². The van der Waals surface area contributed by atoms with Gasteiger partial charge < -0.3 is 5.32 Å². The molecule has 82 valence electrons. The second kappa shape index (κ2) is 4.20. The maximum atomic E-state index is 6.15. The molecular formula is C9H7ClN4S2. The van der Waals surface area contributed by atoms with Crippen molar-refractivity contribution in [3.63, 3.8) is 0 Å². The van der Waals surface area contributed by atoms with E-state index in [2.05, 4.69) is 19.1 Å². The van der Waals surface area contributed by atoms with Crippen molar-refractivity contribution in [2.45, 2.75) is 0 Å². The van der Waals surface area contributed by atoms with Gasteiger partial charge in [-0.15, -0.1) is 0 Å². The lowest BCUT2D eigenvalue weighted by Gasteiger charge is -2.07. The van der Waals surface area contributed by atoms with Crippen LogP contribution in [-0.2, 0) is 0 Å². The topological polar surface area (TPSA) is 50.2 Å². The van der Waals surface area contributed by atoms with Crippen molar-refractivity contribution in [2.75, 3.05) is 17.6 Å². The van der Waals surface area contributed by atoms with Gasteiger partial charge in [-0.1, -0.05) is 23.4 Å². The lowest BCUT2D eigenvalue weighted by atomic mass is 10.2. The smallest absolute Gasteiger partial charge is 0.161 e. The molecular weight excluding hydrogens is 264 g/mol. The minimum Gasteiger partial charge on any atom is -0.332 e. The Hall–Kier alpha value is -0.850. The molecule has 4 nitrogen and oxygen atoms in total. The Morgan fingerprint density at radius 2 is 2.25 bits per heavy atom. The second-order valence-corrected chi connectivity index (χ2v) is 5.23. The minimum atomic E-state index is 0.649. The van der Waals surface area contributed by atoms with E-state index >= 15 is 0 Å². The summed E-state index contributed by atoms with van der Waals surface area (Å²) in [5.74, 6) is 1.02. The van der Waals surface area contributed by atoms with Crippen molar-refractivity contribution >= 4 is 57.0 Å². The van der Waals surface area contributed by atoms with Crippen molar-refractivity contribution in [3.05, 3.63) is 17.2 Å². The van der Waals surface area contributed by atoms with E-state index in [1.807, 2.05) is 12.1 Å². The Bertz CT molecular complexity index is 566. The Morgan fingerprint density at radius 3 is 3.06 bits per heavy atom. The fourth-order valence-corrected chi connectivity index (χ4v) is 2.94. The fraction of sp³-hybridized carbons (Fsp3) is 0.222. The Kier molecular flexibility index (Phi) is 2.70. The summed E-state index contributed by atoms with van der Waals surface area (Å²) < 4.78 is 8.42. The third kappa shape index (κ3) is 1.77. The van der Waals surface area contributed by atoms with Gasteiger partial charge in [-0.05, 0) is 12.1 Å². The number of anilines is 1.